The Hall–Kier alpha value is -2.20. The molecule has 1 atom stereocenters. The van der Waals surface area contributed by atoms with E-state index in [1.165, 1.54) is 0 Å². The van der Waals surface area contributed by atoms with Gasteiger partial charge in [0.1, 0.15) is 5.52 Å². The second-order valence-corrected chi connectivity index (χ2v) is 4.47. The maximum Gasteiger partial charge on any atom is 0.113 e. The molecule has 1 N–H and O–H groups in total. The van der Waals surface area contributed by atoms with Crippen molar-refractivity contribution in [3.05, 3.63) is 54.1 Å². The van der Waals surface area contributed by atoms with Gasteiger partial charge in [0.05, 0.1) is 17.3 Å². The second kappa shape index (κ2) is 4.82. The van der Waals surface area contributed by atoms with Gasteiger partial charge < -0.3 is 5.11 Å². The van der Waals surface area contributed by atoms with Gasteiger partial charge in [0.15, 0.2) is 0 Å². The molecule has 0 saturated carbocycles. The van der Waals surface area contributed by atoms with E-state index in [0.29, 0.717) is 6.42 Å². The third-order valence-electron chi connectivity index (χ3n) is 3.26. The Balaban J connectivity index is 2.22. The molecule has 3 rings (SSSR count). The highest BCUT2D eigenvalue weighted by atomic mass is 16.3. The van der Waals surface area contributed by atoms with Crippen molar-refractivity contribution in [2.45, 2.75) is 19.4 Å². The molecule has 19 heavy (non-hydrogen) atoms. The Morgan fingerprint density at radius 3 is 2.68 bits per heavy atom. The number of rotatable bonds is 3. The van der Waals surface area contributed by atoms with Crippen LogP contribution in [0.5, 0.6) is 0 Å². The van der Waals surface area contributed by atoms with Crippen LogP contribution in [0.15, 0.2) is 48.5 Å². The van der Waals surface area contributed by atoms with Crippen LogP contribution in [0.2, 0.25) is 0 Å². The Labute approximate surface area is 111 Å². The van der Waals surface area contributed by atoms with Gasteiger partial charge in [-0.15, -0.1) is 5.10 Å². The van der Waals surface area contributed by atoms with Gasteiger partial charge in [-0.1, -0.05) is 42.5 Å². The van der Waals surface area contributed by atoms with Gasteiger partial charge >= 0.3 is 0 Å². The number of aliphatic hydroxyl groups is 1. The average molecular weight is 253 g/mol. The molecule has 0 spiro atoms. The van der Waals surface area contributed by atoms with Crippen LogP contribution in [-0.2, 0) is 0 Å². The van der Waals surface area contributed by atoms with Crippen LogP contribution in [0.4, 0.5) is 0 Å². The van der Waals surface area contributed by atoms with Gasteiger partial charge in [0, 0.05) is 5.56 Å². The van der Waals surface area contributed by atoms with Gasteiger partial charge in [-0.05, 0) is 24.6 Å². The molecular weight excluding hydrogens is 238 g/mol. The molecule has 0 aliphatic carbocycles. The zero-order valence-electron chi connectivity index (χ0n) is 10.7. The third kappa shape index (κ3) is 2.00. The van der Waals surface area contributed by atoms with Gasteiger partial charge in [-0.2, -0.15) is 0 Å². The topological polar surface area (TPSA) is 50.9 Å². The molecule has 0 bridgehead atoms. The smallest absolute Gasteiger partial charge is 0.113 e. The maximum atomic E-state index is 10.1. The molecule has 0 amide bonds. The molecule has 1 heterocycles. The molecule has 3 aromatic rings. The van der Waals surface area contributed by atoms with Crippen LogP contribution in [0.25, 0.3) is 16.7 Å². The van der Waals surface area contributed by atoms with Gasteiger partial charge in [0.25, 0.3) is 0 Å². The van der Waals surface area contributed by atoms with Gasteiger partial charge in [-0.25, -0.2) is 4.68 Å². The lowest BCUT2D eigenvalue weighted by molar-refractivity contribution is 0.173. The van der Waals surface area contributed by atoms with Crippen molar-refractivity contribution in [2.24, 2.45) is 0 Å². The average Bonchev–Trinajstić information content (AvgIpc) is 2.90. The fourth-order valence-corrected chi connectivity index (χ4v) is 2.23. The molecule has 0 saturated heterocycles. The van der Waals surface area contributed by atoms with Crippen molar-refractivity contribution in [3.63, 3.8) is 0 Å². The number of fused-ring (bicyclic) bond motifs is 1. The van der Waals surface area contributed by atoms with Gasteiger partial charge in [0.2, 0.25) is 0 Å². The number of aromatic nitrogens is 3. The number of benzene rings is 2. The van der Waals surface area contributed by atoms with E-state index in [2.05, 4.69) is 10.3 Å². The van der Waals surface area contributed by atoms with Crippen LogP contribution in [-0.4, -0.2) is 20.1 Å². The quantitative estimate of drug-likeness (QED) is 0.780. The number of aliphatic hydroxyl groups excluding tert-OH is 1. The van der Waals surface area contributed by atoms with E-state index in [1.807, 2.05) is 55.5 Å². The molecule has 1 unspecified atom stereocenters. The Morgan fingerprint density at radius 2 is 1.84 bits per heavy atom. The third-order valence-corrected chi connectivity index (χ3v) is 3.26. The van der Waals surface area contributed by atoms with Crippen molar-refractivity contribution in [1.82, 2.24) is 15.0 Å². The molecule has 0 aliphatic heterocycles. The zero-order valence-corrected chi connectivity index (χ0v) is 10.7. The van der Waals surface area contributed by atoms with Crippen LogP contribution >= 0.6 is 0 Å². The van der Waals surface area contributed by atoms with E-state index in [9.17, 15) is 5.11 Å². The van der Waals surface area contributed by atoms with Crippen LogP contribution in [0.3, 0.4) is 0 Å². The van der Waals surface area contributed by atoms with E-state index in [0.717, 1.165) is 22.3 Å². The van der Waals surface area contributed by atoms with Crippen LogP contribution in [0.1, 0.15) is 25.0 Å². The monoisotopic (exact) mass is 253 g/mol. The molecular formula is C15H15N3O. The van der Waals surface area contributed by atoms with Crippen LogP contribution in [0, 0.1) is 0 Å². The lowest BCUT2D eigenvalue weighted by Crippen LogP contribution is -2.05. The molecule has 0 fully saturated rings. The van der Waals surface area contributed by atoms with E-state index in [1.54, 1.807) is 4.68 Å². The fourth-order valence-electron chi connectivity index (χ4n) is 2.23. The van der Waals surface area contributed by atoms with Crippen molar-refractivity contribution >= 4 is 11.0 Å². The standard InChI is InChI=1S/C15H15N3O/c1-2-15(19)11-7-3-5-9-13(11)18-14-10-6-4-8-12(14)16-17-18/h3-10,15,19H,2H2,1H3. The summed E-state index contributed by atoms with van der Waals surface area (Å²) in [4.78, 5) is 0. The summed E-state index contributed by atoms with van der Waals surface area (Å²) in [6.07, 6.45) is 0.183. The van der Waals surface area contributed by atoms with Crippen molar-refractivity contribution < 1.29 is 5.11 Å². The van der Waals surface area contributed by atoms with Crippen LogP contribution < -0.4 is 0 Å². The molecule has 0 aliphatic rings. The summed E-state index contributed by atoms with van der Waals surface area (Å²) < 4.78 is 1.78. The maximum absolute atomic E-state index is 10.1. The van der Waals surface area contributed by atoms with E-state index < -0.39 is 6.10 Å². The Morgan fingerprint density at radius 1 is 1.11 bits per heavy atom. The first kappa shape index (κ1) is 11.9. The summed E-state index contributed by atoms with van der Waals surface area (Å²) in [6.45, 7) is 1.96. The molecule has 4 heteroatoms. The number of nitrogens with zero attached hydrogens (tertiary/aromatic N) is 3. The van der Waals surface area contributed by atoms with Crippen molar-refractivity contribution in [1.29, 1.82) is 0 Å². The molecule has 4 nitrogen and oxygen atoms in total. The largest absolute Gasteiger partial charge is 0.388 e. The SMILES string of the molecule is CCC(O)c1ccccc1-n1nnc2ccccc21. The molecule has 0 radical (unpaired) electrons. The minimum atomic E-state index is -0.487. The molecule has 1 aromatic heterocycles. The minimum Gasteiger partial charge on any atom is -0.388 e. The Kier molecular flexibility index (Phi) is 3.01. The molecule has 2 aromatic carbocycles. The summed E-state index contributed by atoms with van der Waals surface area (Å²) >= 11 is 0. The lowest BCUT2D eigenvalue weighted by atomic mass is 10.1. The number of hydrogen-bond donors (Lipinski definition) is 1. The lowest BCUT2D eigenvalue weighted by Gasteiger charge is -2.13. The number of para-hydroxylation sites is 2. The van der Waals surface area contributed by atoms with Crippen molar-refractivity contribution in [3.8, 4) is 5.69 Å². The summed E-state index contributed by atoms with van der Waals surface area (Å²) in [5, 5.41) is 18.5. The summed E-state index contributed by atoms with van der Waals surface area (Å²) in [7, 11) is 0. The summed E-state index contributed by atoms with van der Waals surface area (Å²) in [6, 6.07) is 15.6. The van der Waals surface area contributed by atoms with E-state index in [4.69, 9.17) is 0 Å². The van der Waals surface area contributed by atoms with Gasteiger partial charge in [-0.3, -0.25) is 0 Å². The highest BCUT2D eigenvalue weighted by molar-refractivity contribution is 5.76. The van der Waals surface area contributed by atoms with E-state index >= 15 is 0 Å². The first-order valence-corrected chi connectivity index (χ1v) is 6.39. The highest BCUT2D eigenvalue weighted by Crippen LogP contribution is 2.25. The predicted molar refractivity (Wildman–Crippen MR) is 74.1 cm³/mol. The Bertz CT molecular complexity index is 705. The zero-order chi connectivity index (χ0) is 13.2. The minimum absolute atomic E-state index is 0.487. The predicted octanol–water partition coefficient (Wildman–Crippen LogP) is 2.86. The molecule has 96 valence electrons. The highest BCUT2D eigenvalue weighted by Gasteiger charge is 2.14. The first-order valence-electron chi connectivity index (χ1n) is 6.39. The van der Waals surface area contributed by atoms with Crippen molar-refractivity contribution in [2.75, 3.05) is 0 Å². The first-order chi connectivity index (χ1) is 9.31. The van der Waals surface area contributed by atoms with E-state index in [-0.39, 0.29) is 0 Å². The fraction of sp³-hybridized carbons (Fsp3) is 0.200. The number of hydrogen-bond acceptors (Lipinski definition) is 3. The summed E-state index contributed by atoms with van der Waals surface area (Å²) in [5.41, 5.74) is 3.55. The normalized spacial score (nSPS) is 12.7. The summed E-state index contributed by atoms with van der Waals surface area (Å²) in [5.74, 6) is 0. The second-order valence-electron chi connectivity index (χ2n) is 4.47.